The molecule has 0 bridgehead atoms. The van der Waals surface area contributed by atoms with E-state index in [1.807, 2.05) is 0 Å². The summed E-state index contributed by atoms with van der Waals surface area (Å²) in [6, 6.07) is 0. The van der Waals surface area contributed by atoms with E-state index in [1.54, 1.807) is 10.8 Å². The largest absolute Gasteiger partial charge is 0.394 e. The van der Waals surface area contributed by atoms with Crippen molar-refractivity contribution in [2.24, 2.45) is 0 Å². The van der Waals surface area contributed by atoms with Crippen LogP contribution in [0.15, 0.2) is 0 Å². The van der Waals surface area contributed by atoms with Crippen LogP contribution in [-0.2, 0) is 4.74 Å². The lowest BCUT2D eigenvalue weighted by Crippen LogP contribution is -2.57. The second-order valence-corrected chi connectivity index (χ2v) is 9.38. The Morgan fingerprint density at radius 1 is 0.760 bits per heavy atom. The van der Waals surface area contributed by atoms with Gasteiger partial charge in [0.2, 0.25) is 0 Å². The molecule has 1 aliphatic rings. The van der Waals surface area contributed by atoms with E-state index in [-0.39, 0.29) is 6.61 Å². The Morgan fingerprint density at radius 2 is 1.32 bits per heavy atom. The average Bonchev–Trinajstić information content (AvgIpc) is 2.62. The highest BCUT2D eigenvalue weighted by molar-refractivity contribution is 8.76. The number of rotatable bonds is 14. The summed E-state index contributed by atoms with van der Waals surface area (Å²) in [6.45, 7) is 1.87. The lowest BCUT2D eigenvalue weighted by atomic mass is 10.0. The summed E-state index contributed by atoms with van der Waals surface area (Å²) in [7, 11) is 2.99. The van der Waals surface area contributed by atoms with Gasteiger partial charge in [0.15, 0.2) is 0 Å². The fourth-order valence-corrected chi connectivity index (χ4v) is 5.45. The van der Waals surface area contributed by atoms with Crippen LogP contribution in [0.4, 0.5) is 0 Å². The SMILES string of the molecule is CCCCCCCCCCCCSSC1OC(CO)[C@@H](O)[C@H](O)[C@H]1O. The molecule has 1 aliphatic heterocycles. The van der Waals surface area contributed by atoms with Crippen molar-refractivity contribution in [2.45, 2.75) is 101 Å². The van der Waals surface area contributed by atoms with Gasteiger partial charge in [-0.1, -0.05) is 86.3 Å². The number of aliphatic hydroxyl groups is 4. The van der Waals surface area contributed by atoms with Gasteiger partial charge >= 0.3 is 0 Å². The van der Waals surface area contributed by atoms with Crippen molar-refractivity contribution in [2.75, 3.05) is 12.4 Å². The van der Waals surface area contributed by atoms with Crippen LogP contribution in [0.5, 0.6) is 0 Å². The van der Waals surface area contributed by atoms with Crippen molar-refractivity contribution in [1.29, 1.82) is 0 Å². The quantitative estimate of drug-likeness (QED) is 0.265. The molecule has 0 aromatic rings. The van der Waals surface area contributed by atoms with E-state index in [9.17, 15) is 15.3 Å². The van der Waals surface area contributed by atoms with Gasteiger partial charge in [-0.2, -0.15) is 0 Å². The van der Waals surface area contributed by atoms with Crippen LogP contribution in [0.25, 0.3) is 0 Å². The maximum absolute atomic E-state index is 9.95. The molecule has 0 spiro atoms. The molecule has 25 heavy (non-hydrogen) atoms. The zero-order valence-corrected chi connectivity index (χ0v) is 17.0. The second kappa shape index (κ2) is 14.5. The zero-order chi connectivity index (χ0) is 18.5. The molecule has 1 fully saturated rings. The third-order valence-electron chi connectivity index (χ3n) is 4.59. The molecule has 0 amide bonds. The number of ether oxygens (including phenoxy) is 1. The fraction of sp³-hybridized carbons (Fsp3) is 1.00. The third kappa shape index (κ3) is 9.31. The van der Waals surface area contributed by atoms with Gasteiger partial charge in [-0.05, 0) is 6.42 Å². The molecule has 0 aliphatic carbocycles. The van der Waals surface area contributed by atoms with E-state index >= 15 is 0 Å². The Kier molecular flexibility index (Phi) is 13.7. The van der Waals surface area contributed by atoms with Crippen molar-refractivity contribution in [3.05, 3.63) is 0 Å². The first-order valence-electron chi connectivity index (χ1n) is 9.70. The van der Waals surface area contributed by atoms with Crippen molar-refractivity contribution in [3.8, 4) is 0 Å². The van der Waals surface area contributed by atoms with Crippen LogP contribution in [0, 0.1) is 0 Å². The number of hydrogen-bond donors (Lipinski definition) is 4. The molecule has 7 heteroatoms. The summed E-state index contributed by atoms with van der Waals surface area (Å²) in [6.07, 6.45) is 8.57. The maximum atomic E-state index is 9.95. The molecule has 4 N–H and O–H groups in total. The molecule has 1 heterocycles. The van der Waals surface area contributed by atoms with Crippen LogP contribution in [0.3, 0.4) is 0 Å². The first kappa shape index (κ1) is 23.5. The molecule has 0 aromatic heterocycles. The molecule has 5 atom stereocenters. The van der Waals surface area contributed by atoms with E-state index in [2.05, 4.69) is 6.92 Å². The van der Waals surface area contributed by atoms with Crippen molar-refractivity contribution >= 4 is 21.6 Å². The molecule has 1 rings (SSSR count). The third-order valence-corrected chi connectivity index (χ3v) is 7.24. The highest BCUT2D eigenvalue weighted by Gasteiger charge is 2.43. The van der Waals surface area contributed by atoms with E-state index in [0.29, 0.717) is 0 Å². The van der Waals surface area contributed by atoms with E-state index < -0.39 is 29.9 Å². The van der Waals surface area contributed by atoms with Gasteiger partial charge in [-0.15, -0.1) is 0 Å². The summed E-state index contributed by atoms with van der Waals surface area (Å²) in [5, 5.41) is 38.6. The molecule has 0 aromatic carbocycles. The van der Waals surface area contributed by atoms with Gasteiger partial charge < -0.3 is 25.2 Å². The Labute approximate surface area is 160 Å². The highest BCUT2D eigenvalue weighted by atomic mass is 33.1. The maximum Gasteiger partial charge on any atom is 0.142 e. The first-order valence-corrected chi connectivity index (χ1v) is 12.1. The fourth-order valence-electron chi connectivity index (χ4n) is 2.91. The molecule has 1 saturated heterocycles. The smallest absolute Gasteiger partial charge is 0.142 e. The highest BCUT2D eigenvalue weighted by Crippen LogP contribution is 2.36. The lowest BCUT2D eigenvalue weighted by Gasteiger charge is -2.39. The summed E-state index contributed by atoms with van der Waals surface area (Å²) in [4.78, 5) is 0. The van der Waals surface area contributed by atoms with Gasteiger partial charge in [0, 0.05) is 5.75 Å². The zero-order valence-electron chi connectivity index (χ0n) is 15.4. The average molecular weight is 397 g/mol. The van der Waals surface area contributed by atoms with E-state index in [1.165, 1.54) is 68.6 Å². The first-order chi connectivity index (χ1) is 12.1. The Hall–Kier alpha value is 0.500. The summed E-state index contributed by atoms with van der Waals surface area (Å²) < 4.78 is 5.46. The van der Waals surface area contributed by atoms with Crippen molar-refractivity contribution in [1.82, 2.24) is 0 Å². The van der Waals surface area contributed by atoms with Crippen molar-refractivity contribution in [3.63, 3.8) is 0 Å². The van der Waals surface area contributed by atoms with E-state index in [0.717, 1.165) is 12.2 Å². The molecule has 0 saturated carbocycles. The van der Waals surface area contributed by atoms with Crippen LogP contribution in [-0.4, -0.2) is 62.6 Å². The molecular weight excluding hydrogens is 360 g/mol. The predicted molar refractivity (Wildman–Crippen MR) is 106 cm³/mol. The minimum atomic E-state index is -1.28. The molecule has 5 nitrogen and oxygen atoms in total. The summed E-state index contributed by atoms with van der Waals surface area (Å²) >= 11 is 0. The predicted octanol–water partition coefficient (Wildman–Crippen LogP) is 3.09. The van der Waals surface area contributed by atoms with Gasteiger partial charge in [0.1, 0.15) is 29.9 Å². The van der Waals surface area contributed by atoms with Gasteiger partial charge in [0.25, 0.3) is 0 Å². The topological polar surface area (TPSA) is 90.2 Å². The number of hydrogen-bond acceptors (Lipinski definition) is 7. The van der Waals surface area contributed by atoms with Gasteiger partial charge in [-0.25, -0.2) is 0 Å². The standard InChI is InChI=1S/C18H36O5S2/c1-2-3-4-5-6-7-8-9-10-11-12-24-25-18-17(22)16(21)15(20)14(13-19)23-18/h14-22H,2-13H2,1H3/t14?,15-,16+,17-,18?/m1/s1. The summed E-state index contributed by atoms with van der Waals surface area (Å²) in [5.74, 6) is 0.968. The van der Waals surface area contributed by atoms with Crippen LogP contribution in [0.1, 0.15) is 71.1 Å². The van der Waals surface area contributed by atoms with Gasteiger partial charge in [-0.3, -0.25) is 0 Å². The Morgan fingerprint density at radius 3 is 1.88 bits per heavy atom. The van der Waals surface area contributed by atoms with Crippen LogP contribution >= 0.6 is 21.6 Å². The van der Waals surface area contributed by atoms with Crippen LogP contribution < -0.4 is 0 Å². The van der Waals surface area contributed by atoms with Crippen LogP contribution in [0.2, 0.25) is 0 Å². The lowest BCUT2D eigenvalue weighted by molar-refractivity contribution is -0.205. The van der Waals surface area contributed by atoms with Crippen molar-refractivity contribution < 1.29 is 25.2 Å². The minimum absolute atomic E-state index is 0.370. The number of aliphatic hydroxyl groups excluding tert-OH is 4. The Balaban J connectivity index is 1.99. The second-order valence-electron chi connectivity index (χ2n) is 6.80. The molecule has 2 unspecified atom stereocenters. The monoisotopic (exact) mass is 396 g/mol. The molecular formula is C18H36O5S2. The Bertz CT molecular complexity index is 320. The number of unbranched alkanes of at least 4 members (excludes halogenated alkanes) is 9. The summed E-state index contributed by atoms with van der Waals surface area (Å²) in [5.41, 5.74) is -0.622. The normalized spacial score (nSPS) is 29.9. The minimum Gasteiger partial charge on any atom is -0.394 e. The molecule has 0 radical (unpaired) electrons. The van der Waals surface area contributed by atoms with Gasteiger partial charge in [0.05, 0.1) is 6.61 Å². The molecule has 150 valence electrons. The van der Waals surface area contributed by atoms with E-state index in [4.69, 9.17) is 9.84 Å².